The van der Waals surface area contributed by atoms with Crippen LogP contribution in [0.4, 0.5) is 24.8 Å². The van der Waals surface area contributed by atoms with Gasteiger partial charge >= 0.3 is 17.8 Å². The second-order valence-corrected chi connectivity index (χ2v) is 6.44. The van der Waals surface area contributed by atoms with Crippen molar-refractivity contribution in [3.05, 3.63) is 58.1 Å². The number of hydrogen-bond donors (Lipinski definition) is 4. The minimum absolute atomic E-state index is 0.000804. The molecule has 0 fully saturated rings. The number of rotatable bonds is 6. The molecule has 0 unspecified atom stereocenters. The molecule has 4 aromatic rings. The Morgan fingerprint density at radius 3 is 2.68 bits per heavy atom. The molecule has 0 saturated carbocycles. The lowest BCUT2D eigenvalue weighted by atomic mass is 10.2. The Labute approximate surface area is 170 Å². The molecule has 160 valence electrons. The highest BCUT2D eigenvalue weighted by Gasteiger charge is 2.30. The topological polar surface area (TPSA) is 137 Å². The first kappa shape index (κ1) is 20.1. The number of nitrogens with zero attached hydrogens (tertiary/aromatic N) is 4. The third kappa shape index (κ3) is 3.97. The molecule has 0 atom stereocenters. The summed E-state index contributed by atoms with van der Waals surface area (Å²) in [5.41, 5.74) is -0.529. The summed E-state index contributed by atoms with van der Waals surface area (Å²) in [7, 11) is 0. The van der Waals surface area contributed by atoms with Crippen molar-refractivity contribution in [1.82, 2.24) is 24.6 Å². The van der Waals surface area contributed by atoms with Crippen molar-refractivity contribution in [1.29, 1.82) is 0 Å². The molecule has 0 radical (unpaired) electrons. The molecular weight excluding hydrogens is 419 g/mol. The molecule has 0 aliphatic heterocycles. The van der Waals surface area contributed by atoms with E-state index in [1.54, 1.807) is 0 Å². The quantitative estimate of drug-likeness (QED) is 0.340. The highest BCUT2D eigenvalue weighted by Crippen LogP contribution is 2.29. The van der Waals surface area contributed by atoms with Gasteiger partial charge in [-0.3, -0.25) is 0 Å². The van der Waals surface area contributed by atoms with E-state index in [1.807, 2.05) is 0 Å². The zero-order valence-corrected chi connectivity index (χ0v) is 15.6. The number of H-pyrrole nitrogens is 1. The van der Waals surface area contributed by atoms with Crippen molar-refractivity contribution >= 4 is 34.3 Å². The van der Waals surface area contributed by atoms with E-state index in [1.165, 1.54) is 22.6 Å². The van der Waals surface area contributed by atoms with Gasteiger partial charge in [-0.15, -0.1) is 5.10 Å². The summed E-state index contributed by atoms with van der Waals surface area (Å²) >= 11 is 0. The third-order valence-electron chi connectivity index (χ3n) is 4.39. The average molecular weight is 433 g/mol. The summed E-state index contributed by atoms with van der Waals surface area (Å²) < 4.78 is 39.6. The second kappa shape index (κ2) is 7.59. The molecule has 31 heavy (non-hydrogen) atoms. The van der Waals surface area contributed by atoms with Crippen molar-refractivity contribution in [2.75, 3.05) is 23.7 Å². The highest BCUT2D eigenvalue weighted by molar-refractivity contribution is 5.93. The molecule has 0 aliphatic rings. The van der Waals surface area contributed by atoms with E-state index >= 15 is 0 Å². The molecular formula is C18H14F3N7O3. The summed E-state index contributed by atoms with van der Waals surface area (Å²) in [6.07, 6.45) is -3.41. The monoisotopic (exact) mass is 433 g/mol. The van der Waals surface area contributed by atoms with Crippen LogP contribution in [-0.4, -0.2) is 48.7 Å². The number of aromatic carboxylic acids is 1. The molecule has 0 aliphatic carbocycles. The van der Waals surface area contributed by atoms with Gasteiger partial charge in [0.15, 0.2) is 5.82 Å². The number of nitrogens with one attached hydrogen (secondary N) is 3. The predicted octanol–water partition coefficient (Wildman–Crippen LogP) is 2.21. The van der Waals surface area contributed by atoms with Gasteiger partial charge < -0.3 is 15.7 Å². The molecule has 0 spiro atoms. The summed E-state index contributed by atoms with van der Waals surface area (Å²) in [5.74, 6) is -0.891. The summed E-state index contributed by atoms with van der Waals surface area (Å²) in [4.78, 5) is 31.6. The van der Waals surface area contributed by atoms with Crippen LogP contribution in [0.25, 0.3) is 16.7 Å². The van der Waals surface area contributed by atoms with Crippen LogP contribution in [0.1, 0.15) is 15.9 Å². The first-order chi connectivity index (χ1) is 14.7. The third-order valence-corrected chi connectivity index (χ3v) is 4.39. The summed E-state index contributed by atoms with van der Waals surface area (Å²) in [6.45, 7) is 0.385. The Balaban J connectivity index is 1.55. The number of alkyl halides is 3. The number of pyridine rings is 1. The number of carbonyl (C=O) groups is 1. The maximum Gasteiger partial charge on any atom is 0.416 e. The molecule has 10 nitrogen and oxygen atoms in total. The Hall–Kier alpha value is -4.16. The van der Waals surface area contributed by atoms with Crippen molar-refractivity contribution in [3.8, 4) is 0 Å². The minimum atomic E-state index is -4.47. The largest absolute Gasteiger partial charge is 0.478 e. The number of fused-ring (bicyclic) bond motifs is 3. The van der Waals surface area contributed by atoms with Gasteiger partial charge in [0.05, 0.1) is 22.2 Å². The number of aromatic nitrogens is 5. The Bertz CT molecular complexity index is 1350. The van der Waals surface area contributed by atoms with E-state index in [4.69, 9.17) is 0 Å². The lowest BCUT2D eigenvalue weighted by molar-refractivity contribution is -0.137. The first-order valence-corrected chi connectivity index (χ1v) is 8.89. The molecule has 3 aromatic heterocycles. The number of hydrogen-bond acceptors (Lipinski definition) is 7. The van der Waals surface area contributed by atoms with E-state index in [0.717, 1.165) is 18.3 Å². The van der Waals surface area contributed by atoms with Crippen LogP contribution in [-0.2, 0) is 6.18 Å². The van der Waals surface area contributed by atoms with E-state index in [0.29, 0.717) is 5.52 Å². The van der Waals surface area contributed by atoms with Crippen LogP contribution in [0, 0.1) is 0 Å². The van der Waals surface area contributed by atoms with Crippen LogP contribution < -0.4 is 16.3 Å². The Morgan fingerprint density at radius 1 is 1.16 bits per heavy atom. The van der Waals surface area contributed by atoms with Gasteiger partial charge in [0, 0.05) is 19.3 Å². The number of anilines is 2. The molecule has 0 saturated heterocycles. The van der Waals surface area contributed by atoms with Gasteiger partial charge in [-0.05, 0) is 30.3 Å². The fraction of sp³-hybridized carbons (Fsp3) is 0.167. The Morgan fingerprint density at radius 2 is 1.94 bits per heavy atom. The number of aromatic amines is 1. The van der Waals surface area contributed by atoms with Crippen molar-refractivity contribution in [2.45, 2.75) is 6.18 Å². The minimum Gasteiger partial charge on any atom is -0.478 e. The maximum atomic E-state index is 12.8. The van der Waals surface area contributed by atoms with Crippen molar-refractivity contribution in [3.63, 3.8) is 0 Å². The summed E-state index contributed by atoms with van der Waals surface area (Å²) in [5, 5.41) is 21.1. The standard InChI is InChI=1S/C18H14F3N7O3/c19-18(20,21)10-3-4-22-13(8-10)23-5-6-24-14-15-26-27-17(31)28(15)12-2-1-9(16(29)30)7-11(12)25-14/h1-4,7-8H,5-6H2,(H,22,23)(H,24,25)(H,27,31)(H,29,30). The normalized spacial score (nSPS) is 11.7. The molecule has 3 heterocycles. The lowest BCUT2D eigenvalue weighted by Crippen LogP contribution is -2.17. The first-order valence-electron chi connectivity index (χ1n) is 8.89. The van der Waals surface area contributed by atoms with Crippen LogP contribution in [0.15, 0.2) is 41.3 Å². The van der Waals surface area contributed by atoms with Gasteiger partial charge in [0.2, 0.25) is 5.65 Å². The van der Waals surface area contributed by atoms with Crippen molar-refractivity contribution < 1.29 is 23.1 Å². The smallest absolute Gasteiger partial charge is 0.416 e. The summed E-state index contributed by atoms with van der Waals surface area (Å²) in [6, 6.07) is 5.91. The maximum absolute atomic E-state index is 12.8. The van der Waals surface area contributed by atoms with E-state index in [-0.39, 0.29) is 41.5 Å². The van der Waals surface area contributed by atoms with Crippen LogP contribution in [0.3, 0.4) is 0 Å². The zero-order valence-electron chi connectivity index (χ0n) is 15.6. The molecule has 0 amide bonds. The van der Waals surface area contributed by atoms with Crippen LogP contribution in [0.5, 0.6) is 0 Å². The highest BCUT2D eigenvalue weighted by atomic mass is 19.4. The number of carboxylic acids is 1. The van der Waals surface area contributed by atoms with Gasteiger partial charge in [0.1, 0.15) is 5.82 Å². The number of benzene rings is 1. The molecule has 13 heteroatoms. The molecule has 4 rings (SSSR count). The fourth-order valence-corrected chi connectivity index (χ4v) is 2.98. The van der Waals surface area contributed by atoms with Gasteiger partial charge in [-0.2, -0.15) is 13.2 Å². The zero-order chi connectivity index (χ0) is 22.2. The number of carboxylic acid groups (broad SMARTS) is 1. The second-order valence-electron chi connectivity index (χ2n) is 6.44. The van der Waals surface area contributed by atoms with E-state index in [2.05, 4.69) is 30.8 Å². The van der Waals surface area contributed by atoms with E-state index < -0.39 is 23.4 Å². The predicted molar refractivity (Wildman–Crippen MR) is 104 cm³/mol. The van der Waals surface area contributed by atoms with Crippen LogP contribution in [0.2, 0.25) is 0 Å². The van der Waals surface area contributed by atoms with Gasteiger partial charge in [-0.1, -0.05) is 0 Å². The van der Waals surface area contributed by atoms with Crippen molar-refractivity contribution in [2.24, 2.45) is 0 Å². The van der Waals surface area contributed by atoms with E-state index in [9.17, 15) is 27.9 Å². The lowest BCUT2D eigenvalue weighted by Gasteiger charge is -2.11. The molecule has 0 bridgehead atoms. The number of halogens is 3. The molecule has 4 N–H and O–H groups in total. The van der Waals surface area contributed by atoms with Crippen LogP contribution >= 0.6 is 0 Å². The molecule has 1 aromatic carbocycles. The fourth-order valence-electron chi connectivity index (χ4n) is 2.98. The average Bonchev–Trinajstić information content (AvgIpc) is 3.12. The van der Waals surface area contributed by atoms with Gasteiger partial charge in [0.25, 0.3) is 0 Å². The SMILES string of the molecule is O=C(O)c1ccc2c(c1)nc(NCCNc1cc(C(F)(F)F)ccn1)c1n[nH]c(=O)n12. The Kier molecular flexibility index (Phi) is 4.93. The van der Waals surface area contributed by atoms with Gasteiger partial charge in [-0.25, -0.2) is 29.1 Å².